The lowest BCUT2D eigenvalue weighted by molar-refractivity contribution is -0.122. The number of hydrogen-bond donors (Lipinski definition) is 2. The van der Waals surface area contributed by atoms with E-state index < -0.39 is 0 Å². The Balaban J connectivity index is 2.56. The highest BCUT2D eigenvalue weighted by molar-refractivity contribution is 9.10. The number of carbonyl (C=O) groups is 1. The van der Waals surface area contributed by atoms with Crippen LogP contribution in [0.15, 0.2) is 41.4 Å². The van der Waals surface area contributed by atoms with Crippen LogP contribution in [0.1, 0.15) is 25.5 Å². The molecule has 0 fully saturated rings. The van der Waals surface area contributed by atoms with Crippen molar-refractivity contribution in [1.82, 2.24) is 10.6 Å². The highest BCUT2D eigenvalue weighted by Crippen LogP contribution is 2.18. The largest absolute Gasteiger partial charge is 0.351 e. The average molecular weight is 311 g/mol. The molecule has 2 atom stereocenters. The maximum Gasteiger partial charge on any atom is 0.237 e. The van der Waals surface area contributed by atoms with Gasteiger partial charge in [0.2, 0.25) is 5.91 Å². The molecule has 1 unspecified atom stereocenters. The van der Waals surface area contributed by atoms with Gasteiger partial charge in [-0.2, -0.15) is 0 Å². The van der Waals surface area contributed by atoms with Crippen molar-refractivity contribution < 1.29 is 4.79 Å². The fourth-order valence-corrected chi connectivity index (χ4v) is 2.07. The van der Waals surface area contributed by atoms with E-state index in [4.69, 9.17) is 0 Å². The predicted octanol–water partition coefficient (Wildman–Crippen LogP) is 2.79. The van der Waals surface area contributed by atoms with Crippen molar-refractivity contribution in [2.45, 2.75) is 25.9 Å². The van der Waals surface area contributed by atoms with Crippen LogP contribution in [0.5, 0.6) is 0 Å². The summed E-state index contributed by atoms with van der Waals surface area (Å²) in [7, 11) is 0. The van der Waals surface area contributed by atoms with Crippen LogP contribution < -0.4 is 10.6 Å². The molecule has 1 aromatic carbocycles. The van der Waals surface area contributed by atoms with Gasteiger partial charge in [0, 0.05) is 17.1 Å². The van der Waals surface area contributed by atoms with Gasteiger partial charge >= 0.3 is 0 Å². The molecular formula is C14H19BrN2O. The zero-order valence-corrected chi connectivity index (χ0v) is 12.3. The van der Waals surface area contributed by atoms with Gasteiger partial charge in [-0.05, 0) is 31.5 Å². The number of benzene rings is 1. The second kappa shape index (κ2) is 7.34. The number of nitrogens with one attached hydrogen (secondary N) is 2. The van der Waals surface area contributed by atoms with E-state index in [1.807, 2.05) is 38.1 Å². The maximum atomic E-state index is 11.7. The minimum absolute atomic E-state index is 0.0169. The standard InChI is InChI=1S/C14H19BrN2O/c1-4-8-16-14(18)11(3)17-10(2)12-6-5-7-13(15)9-12/h4-7,9-11,17H,1,8H2,2-3H3,(H,16,18)/t10-,11?/m1/s1. The van der Waals surface area contributed by atoms with E-state index in [1.54, 1.807) is 6.08 Å². The second-order valence-electron chi connectivity index (χ2n) is 4.20. The first-order chi connectivity index (χ1) is 8.54. The second-order valence-corrected chi connectivity index (χ2v) is 5.11. The molecule has 0 aliphatic carbocycles. The van der Waals surface area contributed by atoms with E-state index in [0.29, 0.717) is 6.54 Å². The summed E-state index contributed by atoms with van der Waals surface area (Å²) < 4.78 is 1.04. The van der Waals surface area contributed by atoms with Crippen LogP contribution in [0.2, 0.25) is 0 Å². The first kappa shape index (κ1) is 14.9. The van der Waals surface area contributed by atoms with Gasteiger partial charge in [-0.1, -0.05) is 34.1 Å². The Morgan fingerprint density at radius 1 is 1.50 bits per heavy atom. The third-order valence-electron chi connectivity index (χ3n) is 2.66. The molecule has 0 radical (unpaired) electrons. The van der Waals surface area contributed by atoms with Crippen LogP contribution in [0.4, 0.5) is 0 Å². The number of hydrogen-bond acceptors (Lipinski definition) is 2. The zero-order chi connectivity index (χ0) is 13.5. The fourth-order valence-electron chi connectivity index (χ4n) is 1.65. The molecule has 3 nitrogen and oxygen atoms in total. The molecule has 0 heterocycles. The van der Waals surface area contributed by atoms with Crippen molar-refractivity contribution in [3.8, 4) is 0 Å². The lowest BCUT2D eigenvalue weighted by atomic mass is 10.1. The van der Waals surface area contributed by atoms with Crippen molar-refractivity contribution in [3.05, 3.63) is 47.0 Å². The summed E-state index contributed by atoms with van der Waals surface area (Å²) in [5.41, 5.74) is 1.15. The Morgan fingerprint density at radius 2 is 2.22 bits per heavy atom. The summed E-state index contributed by atoms with van der Waals surface area (Å²) in [4.78, 5) is 11.7. The number of amides is 1. The Kier molecular flexibility index (Phi) is 6.09. The van der Waals surface area contributed by atoms with Crippen LogP contribution in [-0.2, 0) is 4.79 Å². The van der Waals surface area contributed by atoms with Crippen molar-refractivity contribution in [1.29, 1.82) is 0 Å². The third kappa shape index (κ3) is 4.63. The van der Waals surface area contributed by atoms with Crippen LogP contribution in [0, 0.1) is 0 Å². The van der Waals surface area contributed by atoms with Gasteiger partial charge in [-0.3, -0.25) is 10.1 Å². The van der Waals surface area contributed by atoms with E-state index in [9.17, 15) is 4.79 Å². The van der Waals surface area contributed by atoms with Gasteiger partial charge in [0.1, 0.15) is 0 Å². The summed E-state index contributed by atoms with van der Waals surface area (Å²) in [5.74, 6) is -0.0169. The van der Waals surface area contributed by atoms with Crippen molar-refractivity contribution in [2.75, 3.05) is 6.54 Å². The Morgan fingerprint density at radius 3 is 2.83 bits per heavy atom. The average Bonchev–Trinajstić information content (AvgIpc) is 2.35. The molecule has 0 bridgehead atoms. The van der Waals surface area contributed by atoms with Crippen molar-refractivity contribution >= 4 is 21.8 Å². The smallest absolute Gasteiger partial charge is 0.237 e. The minimum Gasteiger partial charge on any atom is -0.351 e. The SMILES string of the molecule is C=CCNC(=O)C(C)N[C@H](C)c1cccc(Br)c1. The molecule has 1 amide bonds. The van der Waals surface area contributed by atoms with Crippen LogP contribution in [-0.4, -0.2) is 18.5 Å². The maximum absolute atomic E-state index is 11.7. The minimum atomic E-state index is -0.237. The zero-order valence-electron chi connectivity index (χ0n) is 10.7. The van der Waals surface area contributed by atoms with Crippen LogP contribution in [0.3, 0.4) is 0 Å². The number of halogens is 1. The molecule has 1 aromatic rings. The fraction of sp³-hybridized carbons (Fsp3) is 0.357. The monoisotopic (exact) mass is 310 g/mol. The van der Waals surface area contributed by atoms with Gasteiger partial charge in [0.05, 0.1) is 6.04 Å². The molecule has 0 aliphatic heterocycles. The topological polar surface area (TPSA) is 41.1 Å². The van der Waals surface area contributed by atoms with Crippen LogP contribution in [0.25, 0.3) is 0 Å². The molecule has 0 spiro atoms. The highest BCUT2D eigenvalue weighted by Gasteiger charge is 2.15. The summed E-state index contributed by atoms with van der Waals surface area (Å²) >= 11 is 3.44. The van der Waals surface area contributed by atoms with Gasteiger partial charge in [-0.25, -0.2) is 0 Å². The Bertz CT molecular complexity index is 420. The van der Waals surface area contributed by atoms with E-state index in [2.05, 4.69) is 33.1 Å². The molecule has 1 rings (SSSR count). The van der Waals surface area contributed by atoms with Gasteiger partial charge < -0.3 is 5.32 Å². The molecular weight excluding hydrogens is 292 g/mol. The van der Waals surface area contributed by atoms with Crippen LogP contribution >= 0.6 is 15.9 Å². The molecule has 18 heavy (non-hydrogen) atoms. The normalized spacial score (nSPS) is 13.7. The van der Waals surface area contributed by atoms with E-state index in [1.165, 1.54) is 0 Å². The Labute approximate surface area is 117 Å². The third-order valence-corrected chi connectivity index (χ3v) is 3.16. The first-order valence-electron chi connectivity index (χ1n) is 5.94. The lowest BCUT2D eigenvalue weighted by Gasteiger charge is -2.20. The highest BCUT2D eigenvalue weighted by atomic mass is 79.9. The van der Waals surface area contributed by atoms with Crippen molar-refractivity contribution in [3.63, 3.8) is 0 Å². The lowest BCUT2D eigenvalue weighted by Crippen LogP contribution is -2.43. The molecule has 0 aromatic heterocycles. The van der Waals surface area contributed by atoms with E-state index in [-0.39, 0.29) is 18.0 Å². The summed E-state index contributed by atoms with van der Waals surface area (Å²) in [6, 6.07) is 7.94. The molecule has 0 saturated carbocycles. The summed E-state index contributed by atoms with van der Waals surface area (Å²) in [6.45, 7) is 7.96. The predicted molar refractivity (Wildman–Crippen MR) is 78.4 cm³/mol. The quantitative estimate of drug-likeness (QED) is 0.793. The Hall–Kier alpha value is -1.13. The molecule has 2 N–H and O–H groups in total. The molecule has 98 valence electrons. The molecule has 4 heteroatoms. The van der Waals surface area contributed by atoms with Crippen molar-refractivity contribution in [2.24, 2.45) is 0 Å². The summed E-state index contributed by atoms with van der Waals surface area (Å²) in [5, 5.41) is 6.04. The van der Waals surface area contributed by atoms with E-state index >= 15 is 0 Å². The first-order valence-corrected chi connectivity index (χ1v) is 6.74. The van der Waals surface area contributed by atoms with Gasteiger partial charge in [0.25, 0.3) is 0 Å². The van der Waals surface area contributed by atoms with Gasteiger partial charge in [-0.15, -0.1) is 6.58 Å². The molecule has 0 aliphatic rings. The van der Waals surface area contributed by atoms with E-state index in [0.717, 1.165) is 10.0 Å². The number of rotatable bonds is 6. The summed E-state index contributed by atoms with van der Waals surface area (Å²) in [6.07, 6.45) is 1.67. The molecule has 0 saturated heterocycles. The van der Waals surface area contributed by atoms with Gasteiger partial charge in [0.15, 0.2) is 0 Å². The number of carbonyl (C=O) groups excluding carboxylic acids is 1.